The maximum Gasteiger partial charge on any atom is 0.0314 e. The smallest absolute Gasteiger partial charge is 0.0314 e. The Labute approximate surface area is 101 Å². The zero-order valence-corrected chi connectivity index (χ0v) is 11.5. The first kappa shape index (κ1) is 13.5. The zero-order valence-electron chi connectivity index (χ0n) is 10.6. The molecule has 1 nitrogen and oxygen atoms in total. The third kappa shape index (κ3) is 4.53. The van der Waals surface area contributed by atoms with E-state index in [9.17, 15) is 0 Å². The van der Waals surface area contributed by atoms with Crippen LogP contribution in [0.1, 0.15) is 39.5 Å². The van der Waals surface area contributed by atoms with Crippen molar-refractivity contribution >= 4 is 18.9 Å². The van der Waals surface area contributed by atoms with Crippen LogP contribution < -0.4 is 11.0 Å². The summed E-state index contributed by atoms with van der Waals surface area (Å²) in [5, 5.41) is 1.53. The maximum absolute atomic E-state index is 5.73. The summed E-state index contributed by atoms with van der Waals surface area (Å²) in [5.74, 6) is 0. The van der Waals surface area contributed by atoms with Crippen molar-refractivity contribution in [3.05, 3.63) is 24.3 Å². The Morgan fingerprint density at radius 2 is 1.44 bits per heavy atom. The second-order valence-corrected chi connectivity index (χ2v) is 6.78. The van der Waals surface area contributed by atoms with Crippen molar-refractivity contribution in [2.75, 3.05) is 18.1 Å². The van der Waals surface area contributed by atoms with Crippen LogP contribution in [-0.4, -0.2) is 12.3 Å². The summed E-state index contributed by atoms with van der Waals surface area (Å²) >= 11 is 0. The highest BCUT2D eigenvalue weighted by Gasteiger charge is 2.09. The second-order valence-electron chi connectivity index (χ2n) is 4.29. The van der Waals surface area contributed by atoms with Gasteiger partial charge in [-0.25, -0.2) is 0 Å². The van der Waals surface area contributed by atoms with Crippen LogP contribution in [0.15, 0.2) is 24.3 Å². The van der Waals surface area contributed by atoms with Crippen LogP contribution in [0, 0.1) is 0 Å². The minimum Gasteiger partial charge on any atom is -0.399 e. The SMILES string of the molecule is CCCCP(CCCC)c1ccc(N)cc1. The van der Waals surface area contributed by atoms with Crippen LogP contribution in [0.5, 0.6) is 0 Å². The summed E-state index contributed by atoms with van der Waals surface area (Å²) < 4.78 is 0. The van der Waals surface area contributed by atoms with E-state index in [4.69, 9.17) is 5.73 Å². The molecule has 0 radical (unpaired) electrons. The van der Waals surface area contributed by atoms with E-state index in [0.29, 0.717) is 0 Å². The van der Waals surface area contributed by atoms with Crippen LogP contribution in [-0.2, 0) is 0 Å². The van der Waals surface area contributed by atoms with E-state index in [0.717, 1.165) is 5.69 Å². The predicted octanol–water partition coefficient (Wildman–Crippen LogP) is 3.98. The standard InChI is InChI=1S/C14H24NP/c1-3-5-11-16(12-6-4-2)14-9-7-13(15)8-10-14/h7-10H,3-6,11-12,15H2,1-2H3. The van der Waals surface area contributed by atoms with Gasteiger partial charge in [0.25, 0.3) is 0 Å². The monoisotopic (exact) mass is 237 g/mol. The van der Waals surface area contributed by atoms with Gasteiger partial charge >= 0.3 is 0 Å². The molecule has 0 aliphatic heterocycles. The third-order valence-electron chi connectivity index (χ3n) is 2.82. The number of nitrogen functional groups attached to an aromatic ring is 1. The molecular weight excluding hydrogens is 213 g/mol. The second kappa shape index (κ2) is 7.68. The molecule has 16 heavy (non-hydrogen) atoms. The zero-order chi connectivity index (χ0) is 11.8. The molecule has 1 aromatic carbocycles. The first-order valence-corrected chi connectivity index (χ1v) is 8.09. The van der Waals surface area contributed by atoms with Gasteiger partial charge in [-0.05, 0) is 42.6 Å². The summed E-state index contributed by atoms with van der Waals surface area (Å²) in [6.45, 7) is 4.55. The molecule has 0 spiro atoms. The first-order chi connectivity index (χ1) is 7.77. The van der Waals surface area contributed by atoms with Gasteiger partial charge < -0.3 is 5.73 Å². The van der Waals surface area contributed by atoms with Gasteiger partial charge in [0.15, 0.2) is 0 Å². The molecule has 0 aliphatic rings. The van der Waals surface area contributed by atoms with Gasteiger partial charge in [0.1, 0.15) is 0 Å². The minimum absolute atomic E-state index is 0.0645. The molecule has 0 amide bonds. The fourth-order valence-electron chi connectivity index (χ4n) is 1.75. The molecule has 0 bridgehead atoms. The molecule has 0 aromatic heterocycles. The Kier molecular flexibility index (Phi) is 6.49. The van der Waals surface area contributed by atoms with E-state index >= 15 is 0 Å². The lowest BCUT2D eigenvalue weighted by molar-refractivity contribution is 0.871. The van der Waals surface area contributed by atoms with E-state index in [2.05, 4.69) is 26.0 Å². The van der Waals surface area contributed by atoms with Crippen molar-refractivity contribution in [3.8, 4) is 0 Å². The van der Waals surface area contributed by atoms with E-state index in [1.807, 2.05) is 12.1 Å². The van der Waals surface area contributed by atoms with Crippen molar-refractivity contribution in [1.82, 2.24) is 0 Å². The normalized spacial score (nSPS) is 10.9. The highest BCUT2D eigenvalue weighted by molar-refractivity contribution is 7.65. The number of nitrogens with two attached hydrogens (primary N) is 1. The molecule has 0 fully saturated rings. The molecule has 1 aromatic rings. The molecule has 90 valence electrons. The highest BCUT2D eigenvalue weighted by Crippen LogP contribution is 2.36. The quantitative estimate of drug-likeness (QED) is 0.563. The maximum atomic E-state index is 5.73. The fraction of sp³-hybridized carbons (Fsp3) is 0.571. The molecule has 0 unspecified atom stereocenters. The number of benzene rings is 1. The Morgan fingerprint density at radius 1 is 0.938 bits per heavy atom. The van der Waals surface area contributed by atoms with E-state index in [-0.39, 0.29) is 7.92 Å². The van der Waals surface area contributed by atoms with Crippen LogP contribution in [0.4, 0.5) is 5.69 Å². The molecule has 0 atom stereocenters. The lowest BCUT2D eigenvalue weighted by atomic mass is 10.3. The molecule has 0 saturated carbocycles. The van der Waals surface area contributed by atoms with Crippen molar-refractivity contribution < 1.29 is 0 Å². The number of unbranched alkanes of at least 4 members (excludes halogenated alkanes) is 2. The minimum atomic E-state index is 0.0645. The molecule has 0 aliphatic carbocycles. The number of hydrogen-bond donors (Lipinski definition) is 1. The van der Waals surface area contributed by atoms with Gasteiger partial charge in [-0.2, -0.15) is 0 Å². The summed E-state index contributed by atoms with van der Waals surface area (Å²) in [5.41, 5.74) is 6.61. The number of rotatable bonds is 7. The van der Waals surface area contributed by atoms with E-state index in [1.165, 1.54) is 43.3 Å². The molecule has 2 heteroatoms. The first-order valence-electron chi connectivity index (χ1n) is 6.38. The summed E-state index contributed by atoms with van der Waals surface area (Å²) in [4.78, 5) is 0. The van der Waals surface area contributed by atoms with E-state index in [1.54, 1.807) is 0 Å². The van der Waals surface area contributed by atoms with Crippen molar-refractivity contribution in [2.45, 2.75) is 39.5 Å². The Hall–Kier alpha value is -0.550. The van der Waals surface area contributed by atoms with Crippen LogP contribution in [0.3, 0.4) is 0 Å². The number of hydrogen-bond acceptors (Lipinski definition) is 1. The van der Waals surface area contributed by atoms with Gasteiger partial charge in [-0.1, -0.05) is 46.7 Å². The number of anilines is 1. The van der Waals surface area contributed by atoms with Gasteiger partial charge in [-0.3, -0.25) is 0 Å². The molecule has 2 N–H and O–H groups in total. The average Bonchev–Trinajstić information content (AvgIpc) is 2.31. The van der Waals surface area contributed by atoms with Gasteiger partial charge in [0.2, 0.25) is 0 Å². The molecular formula is C14H24NP. The third-order valence-corrected chi connectivity index (χ3v) is 5.56. The van der Waals surface area contributed by atoms with E-state index < -0.39 is 0 Å². The summed E-state index contributed by atoms with van der Waals surface area (Å²) in [7, 11) is 0.0645. The molecule has 0 saturated heterocycles. The van der Waals surface area contributed by atoms with Crippen LogP contribution in [0.25, 0.3) is 0 Å². The largest absolute Gasteiger partial charge is 0.399 e. The lowest BCUT2D eigenvalue weighted by Gasteiger charge is -2.17. The Morgan fingerprint density at radius 3 is 1.88 bits per heavy atom. The predicted molar refractivity (Wildman–Crippen MR) is 77.0 cm³/mol. The summed E-state index contributed by atoms with van der Waals surface area (Å²) in [6.07, 6.45) is 8.10. The topological polar surface area (TPSA) is 26.0 Å². The van der Waals surface area contributed by atoms with Gasteiger partial charge in [-0.15, -0.1) is 0 Å². The van der Waals surface area contributed by atoms with Crippen molar-refractivity contribution in [1.29, 1.82) is 0 Å². The Bertz CT molecular complexity index is 273. The lowest BCUT2D eigenvalue weighted by Crippen LogP contribution is -2.06. The van der Waals surface area contributed by atoms with Gasteiger partial charge in [0.05, 0.1) is 0 Å². The average molecular weight is 237 g/mol. The van der Waals surface area contributed by atoms with Gasteiger partial charge in [0, 0.05) is 5.69 Å². The molecule has 0 heterocycles. The van der Waals surface area contributed by atoms with Crippen molar-refractivity contribution in [2.24, 2.45) is 0 Å². The van der Waals surface area contributed by atoms with Crippen LogP contribution in [0.2, 0.25) is 0 Å². The Balaban J connectivity index is 2.62. The molecule has 1 rings (SSSR count). The van der Waals surface area contributed by atoms with Crippen molar-refractivity contribution in [3.63, 3.8) is 0 Å². The van der Waals surface area contributed by atoms with Crippen LogP contribution >= 0.6 is 7.92 Å². The fourth-order valence-corrected chi connectivity index (χ4v) is 4.46. The summed E-state index contributed by atoms with van der Waals surface area (Å²) in [6, 6.07) is 8.55. The highest BCUT2D eigenvalue weighted by atomic mass is 31.1.